The van der Waals surface area contributed by atoms with E-state index in [0.29, 0.717) is 6.61 Å². The molecule has 0 heterocycles. The van der Waals surface area contributed by atoms with Crippen molar-refractivity contribution in [1.82, 2.24) is 0 Å². The van der Waals surface area contributed by atoms with Crippen molar-refractivity contribution in [3.8, 4) is 0 Å². The monoisotopic (exact) mass is 1960 g/mol. The van der Waals surface area contributed by atoms with Gasteiger partial charge in [0.1, 0.15) is 6.61 Å². The Balaban J connectivity index is 0.0000111. The summed E-state index contributed by atoms with van der Waals surface area (Å²) in [4.78, 5) is 280. The molecule has 0 aliphatic heterocycles. The van der Waals surface area contributed by atoms with E-state index in [0.717, 1.165) is 150 Å². The van der Waals surface area contributed by atoms with Crippen LogP contribution < -0.4 is 0 Å². The van der Waals surface area contributed by atoms with Crippen LogP contribution in [0.4, 0.5) is 0 Å². The minimum absolute atomic E-state index is 0.131. The molecule has 0 saturated carbocycles. The zero-order valence-corrected chi connectivity index (χ0v) is 82.9. The number of carbonyl (C=O) groups is 21. The molecule has 19 unspecified atom stereocenters. The van der Waals surface area contributed by atoms with Crippen molar-refractivity contribution in [2.24, 2.45) is 114 Å². The second kappa shape index (κ2) is 43.4. The van der Waals surface area contributed by atoms with Gasteiger partial charge in [0.15, 0.2) is 0 Å². The van der Waals surface area contributed by atoms with Crippen LogP contribution in [0.5, 0.6) is 0 Å². The van der Waals surface area contributed by atoms with Gasteiger partial charge in [-0.15, -0.1) is 0 Å². The van der Waals surface area contributed by atoms with Crippen LogP contribution in [0.25, 0.3) is 0 Å². The molecule has 19 atom stereocenters. The lowest BCUT2D eigenvalue weighted by molar-refractivity contribution is -0.174. The minimum Gasteiger partial charge on any atom is -0.481 e. The summed E-state index contributed by atoms with van der Waals surface area (Å²) in [5, 5.41) is 217. The Morgan fingerprint density at radius 3 is 0.409 bits per heavy atom. The Morgan fingerprint density at radius 1 is 0.175 bits per heavy atom. The normalized spacial score (nSPS) is 20.3. The van der Waals surface area contributed by atoms with E-state index in [1.807, 2.05) is 51.1 Å². The number of esters is 1. The molecule has 42 heteroatoms. The molecule has 0 radical (unpaired) electrons. The number of hydrogen-bond acceptors (Lipinski definition) is 22. The van der Waals surface area contributed by atoms with Crippen LogP contribution in [0.3, 0.4) is 0 Å². The number of carboxylic acids is 20. The lowest BCUT2D eigenvalue weighted by Crippen LogP contribution is -2.51. The van der Waals surface area contributed by atoms with Gasteiger partial charge in [-0.05, 0) is 300 Å². The highest BCUT2D eigenvalue weighted by Gasteiger charge is 2.65. The highest BCUT2D eigenvalue weighted by atomic mass is 16.5. The van der Waals surface area contributed by atoms with E-state index in [1.54, 1.807) is 0 Å². The first-order valence-electron chi connectivity index (χ1n) is 43.8. The van der Waals surface area contributed by atoms with Crippen LogP contribution in [0.1, 0.15) is 313 Å². The van der Waals surface area contributed by atoms with Crippen LogP contribution in [0.15, 0.2) is 30.3 Å². The highest BCUT2D eigenvalue weighted by Crippen LogP contribution is 2.61. The molecule has 0 spiro atoms. The zero-order valence-electron chi connectivity index (χ0n) is 82.9. The first kappa shape index (κ1) is 125. The van der Waals surface area contributed by atoms with Crippen molar-refractivity contribution in [2.75, 3.05) is 0 Å². The fraction of sp³-hybridized carbons (Fsp3) is 0.716. The van der Waals surface area contributed by atoms with Gasteiger partial charge in [-0.2, -0.15) is 0 Å². The lowest BCUT2D eigenvalue weighted by atomic mass is 9.55. The van der Waals surface area contributed by atoms with Gasteiger partial charge in [0.2, 0.25) is 0 Å². The number of rotatable bonds is 63. The smallest absolute Gasteiger partial charge is 0.311 e. The van der Waals surface area contributed by atoms with E-state index in [1.165, 1.54) is 13.8 Å². The molecule has 0 fully saturated rings. The maximum atomic E-state index is 13.8. The summed E-state index contributed by atoms with van der Waals surface area (Å²) in [6.07, 6.45) is -22.2. The molecular formula is C95H144O42. The van der Waals surface area contributed by atoms with E-state index in [9.17, 15) is 203 Å². The molecule has 1 rings (SSSR count). The molecule has 1 aromatic rings. The molecule has 0 saturated heterocycles. The average molecular weight is 1960 g/mol. The van der Waals surface area contributed by atoms with E-state index in [4.69, 9.17) is 4.74 Å². The molecule has 0 aliphatic carbocycles. The predicted octanol–water partition coefficient (Wildman–Crippen LogP) is 13.8. The van der Waals surface area contributed by atoms with Crippen molar-refractivity contribution in [3.63, 3.8) is 0 Å². The maximum Gasteiger partial charge on any atom is 0.311 e. The third-order valence-electron chi connectivity index (χ3n) is 28.7. The van der Waals surface area contributed by atoms with Gasteiger partial charge in [0, 0.05) is 0 Å². The highest BCUT2D eigenvalue weighted by molar-refractivity contribution is 5.90. The van der Waals surface area contributed by atoms with Crippen LogP contribution in [-0.2, 0) is 112 Å². The quantitative estimate of drug-likeness (QED) is 0.0269. The Kier molecular flexibility index (Phi) is 39.6. The minimum atomic E-state index is -2.85. The molecule has 0 aromatic heterocycles. The van der Waals surface area contributed by atoms with Crippen LogP contribution in [-0.4, -0.2) is 227 Å². The third kappa shape index (κ3) is 30.3. The van der Waals surface area contributed by atoms with Gasteiger partial charge in [-0.1, -0.05) is 44.2 Å². The number of carboxylic acid groups (broad SMARTS) is 20. The Morgan fingerprint density at radius 2 is 0.299 bits per heavy atom. The van der Waals surface area contributed by atoms with Crippen LogP contribution >= 0.6 is 0 Å². The van der Waals surface area contributed by atoms with Gasteiger partial charge in [0.25, 0.3) is 0 Å². The van der Waals surface area contributed by atoms with E-state index < -0.39 is 350 Å². The fourth-order valence-corrected chi connectivity index (χ4v) is 21.8. The summed E-state index contributed by atoms with van der Waals surface area (Å²) in [6, 6.07) is 9.72. The molecule has 42 nitrogen and oxygen atoms in total. The van der Waals surface area contributed by atoms with Crippen molar-refractivity contribution in [2.45, 2.75) is 315 Å². The molecule has 0 bridgehead atoms. The van der Waals surface area contributed by atoms with Crippen molar-refractivity contribution in [3.05, 3.63) is 35.9 Å². The van der Waals surface area contributed by atoms with E-state index in [-0.39, 0.29) is 17.8 Å². The second-order valence-corrected chi connectivity index (χ2v) is 45.7. The second-order valence-electron chi connectivity index (χ2n) is 45.7. The maximum absolute atomic E-state index is 13.8. The van der Waals surface area contributed by atoms with Gasteiger partial charge in [-0.25, -0.2) is 0 Å². The van der Waals surface area contributed by atoms with Crippen LogP contribution in [0, 0.1) is 114 Å². The molecule has 1 aromatic carbocycles. The fourth-order valence-electron chi connectivity index (χ4n) is 21.8. The zero-order chi connectivity index (χ0) is 109. The van der Waals surface area contributed by atoms with Gasteiger partial charge >= 0.3 is 125 Å². The van der Waals surface area contributed by atoms with Gasteiger partial charge in [-0.3, -0.25) is 101 Å². The first-order chi connectivity index (χ1) is 60.9. The molecule has 137 heavy (non-hydrogen) atoms. The van der Waals surface area contributed by atoms with Gasteiger partial charge < -0.3 is 107 Å². The number of benzene rings is 1. The summed E-state index contributed by atoms with van der Waals surface area (Å²) >= 11 is 0. The number of carbonyl (C=O) groups excluding carboxylic acids is 1. The van der Waals surface area contributed by atoms with Gasteiger partial charge in [0.05, 0.1) is 114 Å². The third-order valence-corrected chi connectivity index (χ3v) is 28.7. The SMILES string of the molecule is CCC(C)(C)C(=O)OCc1ccccc1.CCC(C)(CC(C)(CC(C)(CC(C)(CC(C)(CC(C)(CC(C)(CC(C)(CC(C)(CC(C)(CC(C)(CC(C)(CC(C)(CC(C)(CC(C)(CC(C)(CC(C)(CC(C)(CC(C)(CC(C)(C)C(=O)O)C(=O)O)C(=O)O)C(=O)O)C(=O)O)C(=O)O)C(=O)O)C(=O)O)C(=O)O)C(=O)O)C(=O)O)C(=O)O)C(=O)O)C(=O)O)C(=O)O)C(=O)O)C(=O)O)C(=O)O)C(=O)O)C(=O)O. The summed E-state index contributed by atoms with van der Waals surface area (Å²) in [5.74, 6) is -38.4. The number of ether oxygens (including phenoxy) is 1. The lowest BCUT2D eigenvalue weighted by Gasteiger charge is -2.46. The summed E-state index contributed by atoms with van der Waals surface area (Å²) < 4.78 is 5.24. The molecular weight excluding hydrogens is 1810 g/mol. The summed E-state index contributed by atoms with van der Waals surface area (Å²) in [5.41, 5.74) is -51.1. The summed E-state index contributed by atoms with van der Waals surface area (Å²) in [7, 11) is 0. The van der Waals surface area contributed by atoms with Crippen molar-refractivity contribution >= 4 is 125 Å². The first-order valence-corrected chi connectivity index (χ1v) is 43.8. The Labute approximate surface area is 793 Å². The van der Waals surface area contributed by atoms with E-state index >= 15 is 0 Å². The van der Waals surface area contributed by atoms with Crippen LogP contribution in [0.2, 0.25) is 0 Å². The molecule has 776 valence electrons. The Bertz CT molecular complexity index is 4710. The molecule has 0 aliphatic rings. The molecule has 20 N–H and O–H groups in total. The largest absolute Gasteiger partial charge is 0.481 e. The summed E-state index contributed by atoms with van der Waals surface area (Å²) in [6.45, 7) is 25.9. The number of hydrogen-bond donors (Lipinski definition) is 20. The predicted molar refractivity (Wildman–Crippen MR) is 479 cm³/mol. The van der Waals surface area contributed by atoms with Crippen molar-refractivity contribution in [1.29, 1.82) is 0 Å². The standard InChI is InChI=1S/C82H126O40.C13H18O2/c1-23-64(4,44(85)86)25-66(6,46(89)90)27-68(8,48(93)94)29-70(10,50(97)98)31-72(12,52(101)102)33-74(14,54(105)106)35-76(16,56(109)110)37-78(18,58(113)114)39-80(20,60(117)118)41-82(22,62(121)122)42-81(21,61(119)120)40-79(19,59(115)116)38-77(17,57(111)112)36-75(15,55(107)108)34-73(13,53(103)104)32-71(11,51(99)100)30-69(9,49(95)96)28-67(7,47(91)92)26-65(5,45(87)88)24-63(2,3)43(83)84;1-4-13(2,3)12(14)15-10-11-8-6-5-7-9-11/h23-42H2,1-22H3,(H,83,84)(H,85,86)(H,87,88)(H,89,90)(H,91,92)(H,93,94)(H,95,96)(H,97,98)(H,99,100)(H,101,102)(H,103,104)(H,105,106)(H,107,108)(H,109,110)(H,111,112)(H,113,114)(H,115,116)(H,117,118)(H,119,120)(H,121,122);5-9H,4,10H2,1-3H3. The molecule has 0 amide bonds. The van der Waals surface area contributed by atoms with Crippen molar-refractivity contribution < 1.29 is 208 Å². The van der Waals surface area contributed by atoms with E-state index in [2.05, 4.69) is 0 Å². The average Bonchev–Trinajstić information content (AvgIpc) is 0.743. The topological polar surface area (TPSA) is 772 Å². The Hall–Kier alpha value is -11.9. The number of aliphatic carboxylic acids is 20.